The molecule has 0 saturated carbocycles. The van der Waals surface area contributed by atoms with Crippen LogP contribution in [0.25, 0.3) is 0 Å². The van der Waals surface area contributed by atoms with E-state index in [4.69, 9.17) is 10.8 Å². The van der Waals surface area contributed by atoms with Gasteiger partial charge >= 0.3 is 5.97 Å². The minimum Gasteiger partial charge on any atom is -0.478 e. The minimum absolute atomic E-state index is 0.699. The van der Waals surface area contributed by atoms with Crippen LogP contribution in [0.4, 0.5) is 4.39 Å². The van der Waals surface area contributed by atoms with Crippen LogP contribution in [-0.2, 0) is 4.79 Å². The molecular formula is C5H10FNO2. The average Bonchev–Trinajstić information content (AvgIpc) is 1.65. The second kappa shape index (κ2) is 2.31. The van der Waals surface area contributed by atoms with Crippen molar-refractivity contribution in [3.8, 4) is 0 Å². The molecule has 0 heterocycles. The van der Waals surface area contributed by atoms with Gasteiger partial charge in [0.2, 0.25) is 0 Å². The molecule has 0 amide bonds. The number of hydrogen-bond donors (Lipinski definition) is 2. The van der Waals surface area contributed by atoms with Crippen molar-refractivity contribution in [3.63, 3.8) is 0 Å². The van der Waals surface area contributed by atoms with E-state index in [1.54, 1.807) is 0 Å². The summed E-state index contributed by atoms with van der Waals surface area (Å²) in [7, 11) is 0. The van der Waals surface area contributed by atoms with Crippen LogP contribution in [-0.4, -0.2) is 16.9 Å². The summed E-state index contributed by atoms with van der Waals surface area (Å²) >= 11 is 0. The highest BCUT2D eigenvalue weighted by atomic mass is 19.1. The largest absolute Gasteiger partial charge is 0.478 e. The topological polar surface area (TPSA) is 63.3 Å². The quantitative estimate of drug-likeness (QED) is 0.537. The maximum Gasteiger partial charge on any atom is 0.356 e. The Morgan fingerprint density at radius 2 is 2.11 bits per heavy atom. The number of rotatable bonds is 2. The molecule has 0 unspecified atom stereocenters. The lowest BCUT2D eigenvalue weighted by atomic mass is 10.0. The van der Waals surface area contributed by atoms with Crippen molar-refractivity contribution in [1.82, 2.24) is 0 Å². The summed E-state index contributed by atoms with van der Waals surface area (Å²) in [5, 5.41) is 8.11. The molecule has 0 aliphatic carbocycles. The normalized spacial score (nSPS) is 17.4. The molecule has 1 atom stereocenters. The Kier molecular flexibility index (Phi) is 2.14. The summed E-state index contributed by atoms with van der Waals surface area (Å²) in [6, 6.07) is 0. The van der Waals surface area contributed by atoms with Gasteiger partial charge in [0.25, 0.3) is 5.79 Å². The number of hydrogen-bond acceptors (Lipinski definition) is 2. The predicted molar refractivity (Wildman–Crippen MR) is 30.5 cm³/mol. The van der Waals surface area contributed by atoms with Crippen molar-refractivity contribution in [2.75, 3.05) is 0 Å². The van der Waals surface area contributed by atoms with E-state index in [1.165, 1.54) is 13.8 Å². The number of carboxylic acid groups (broad SMARTS) is 1. The summed E-state index contributed by atoms with van der Waals surface area (Å²) in [6.07, 6.45) is 0. The van der Waals surface area contributed by atoms with Gasteiger partial charge in [0.15, 0.2) is 0 Å². The first-order valence-corrected chi connectivity index (χ1v) is 2.60. The fraction of sp³-hybridized carbons (Fsp3) is 0.800. The molecule has 54 valence electrons. The van der Waals surface area contributed by atoms with Gasteiger partial charge in [0, 0.05) is 5.92 Å². The third-order valence-corrected chi connectivity index (χ3v) is 1.17. The minimum atomic E-state index is -2.58. The van der Waals surface area contributed by atoms with Gasteiger partial charge in [0.1, 0.15) is 0 Å². The van der Waals surface area contributed by atoms with Crippen LogP contribution in [0.1, 0.15) is 13.8 Å². The molecule has 0 rings (SSSR count). The summed E-state index contributed by atoms with van der Waals surface area (Å²) in [4.78, 5) is 9.96. The molecule has 3 N–H and O–H groups in total. The molecule has 0 radical (unpaired) electrons. The Balaban J connectivity index is 4.19. The zero-order valence-electron chi connectivity index (χ0n) is 5.39. The number of aliphatic carboxylic acids is 1. The van der Waals surface area contributed by atoms with Crippen molar-refractivity contribution < 1.29 is 14.3 Å². The molecule has 0 aliphatic rings. The smallest absolute Gasteiger partial charge is 0.356 e. The number of halogens is 1. The van der Waals surface area contributed by atoms with E-state index in [2.05, 4.69) is 0 Å². The van der Waals surface area contributed by atoms with Crippen molar-refractivity contribution >= 4 is 5.97 Å². The van der Waals surface area contributed by atoms with Gasteiger partial charge in [-0.25, -0.2) is 9.18 Å². The molecule has 0 aromatic carbocycles. The first-order valence-electron chi connectivity index (χ1n) is 2.60. The lowest BCUT2D eigenvalue weighted by Gasteiger charge is -2.18. The van der Waals surface area contributed by atoms with Gasteiger partial charge in [-0.1, -0.05) is 13.8 Å². The summed E-state index contributed by atoms with van der Waals surface area (Å²) in [6.45, 7) is 2.82. The Morgan fingerprint density at radius 1 is 1.78 bits per heavy atom. The van der Waals surface area contributed by atoms with Gasteiger partial charge in [-0.05, 0) is 0 Å². The Hall–Kier alpha value is -0.640. The second-order valence-corrected chi connectivity index (χ2v) is 2.23. The van der Waals surface area contributed by atoms with Crippen molar-refractivity contribution in [2.45, 2.75) is 19.6 Å². The van der Waals surface area contributed by atoms with Gasteiger partial charge < -0.3 is 5.11 Å². The van der Waals surface area contributed by atoms with E-state index in [-0.39, 0.29) is 0 Å². The first kappa shape index (κ1) is 8.36. The molecule has 0 bridgehead atoms. The van der Waals surface area contributed by atoms with E-state index >= 15 is 0 Å². The number of nitrogens with two attached hydrogens (primary N) is 1. The van der Waals surface area contributed by atoms with E-state index in [0.29, 0.717) is 0 Å². The molecular weight excluding hydrogens is 125 g/mol. The van der Waals surface area contributed by atoms with Gasteiger partial charge in [-0.15, -0.1) is 0 Å². The molecule has 0 aromatic rings. The molecule has 4 heteroatoms. The Morgan fingerprint density at radius 3 is 2.11 bits per heavy atom. The van der Waals surface area contributed by atoms with Crippen LogP contribution < -0.4 is 5.73 Å². The monoisotopic (exact) mass is 135 g/mol. The van der Waals surface area contributed by atoms with Crippen molar-refractivity contribution in [2.24, 2.45) is 11.7 Å². The predicted octanol–water partition coefficient (Wildman–Crippen LogP) is 0.351. The van der Waals surface area contributed by atoms with E-state index in [1.807, 2.05) is 0 Å². The molecule has 0 aliphatic heterocycles. The molecule has 0 fully saturated rings. The first-order chi connectivity index (χ1) is 3.89. The summed E-state index contributed by atoms with van der Waals surface area (Å²) in [5.41, 5.74) is 4.74. The van der Waals surface area contributed by atoms with Crippen LogP contribution in [0.5, 0.6) is 0 Å². The third kappa shape index (κ3) is 1.64. The number of carbonyl (C=O) groups is 1. The zero-order valence-corrected chi connectivity index (χ0v) is 5.39. The molecule has 0 aromatic heterocycles. The molecule has 9 heavy (non-hydrogen) atoms. The fourth-order valence-corrected chi connectivity index (χ4v) is 0.247. The van der Waals surface area contributed by atoms with Gasteiger partial charge in [0.05, 0.1) is 0 Å². The number of carboxylic acids is 1. The maximum atomic E-state index is 12.5. The van der Waals surface area contributed by atoms with Crippen LogP contribution in [0.15, 0.2) is 0 Å². The number of alkyl halides is 1. The summed E-state index contributed by atoms with van der Waals surface area (Å²) in [5.74, 6) is -4.90. The fourth-order valence-electron chi connectivity index (χ4n) is 0.247. The maximum absolute atomic E-state index is 12.5. The van der Waals surface area contributed by atoms with E-state index in [9.17, 15) is 9.18 Å². The van der Waals surface area contributed by atoms with Gasteiger partial charge in [-0.2, -0.15) is 0 Å². The Bertz CT molecular complexity index is 122. The third-order valence-electron chi connectivity index (χ3n) is 1.17. The highest BCUT2D eigenvalue weighted by Crippen LogP contribution is 2.14. The van der Waals surface area contributed by atoms with Crippen LogP contribution >= 0.6 is 0 Å². The zero-order chi connectivity index (χ0) is 7.65. The average molecular weight is 135 g/mol. The standard InChI is InChI=1S/C5H10FNO2/c1-3(2)5(6,7)4(8)9/h3H,7H2,1-2H3,(H,8,9)/t5-/m0/s1. The van der Waals surface area contributed by atoms with E-state index < -0.39 is 17.7 Å². The van der Waals surface area contributed by atoms with Crippen LogP contribution in [0.2, 0.25) is 0 Å². The van der Waals surface area contributed by atoms with E-state index in [0.717, 1.165) is 0 Å². The molecule has 3 nitrogen and oxygen atoms in total. The Labute approximate surface area is 52.7 Å². The van der Waals surface area contributed by atoms with Gasteiger partial charge in [-0.3, -0.25) is 5.73 Å². The molecule has 0 spiro atoms. The molecule has 0 saturated heterocycles. The van der Waals surface area contributed by atoms with Crippen molar-refractivity contribution in [3.05, 3.63) is 0 Å². The van der Waals surface area contributed by atoms with Crippen LogP contribution in [0.3, 0.4) is 0 Å². The lowest BCUT2D eigenvalue weighted by molar-refractivity contribution is -0.153. The summed E-state index contributed by atoms with van der Waals surface area (Å²) < 4.78 is 12.5. The van der Waals surface area contributed by atoms with Crippen LogP contribution in [0, 0.1) is 5.92 Å². The second-order valence-electron chi connectivity index (χ2n) is 2.23. The lowest BCUT2D eigenvalue weighted by Crippen LogP contribution is -2.47. The highest BCUT2D eigenvalue weighted by Gasteiger charge is 2.37. The van der Waals surface area contributed by atoms with Crippen molar-refractivity contribution in [1.29, 1.82) is 0 Å². The highest BCUT2D eigenvalue weighted by molar-refractivity contribution is 5.76. The SMILES string of the molecule is CC(C)[C@@](N)(F)C(=O)O.